The van der Waals surface area contributed by atoms with Gasteiger partial charge in [0.2, 0.25) is 0 Å². The van der Waals surface area contributed by atoms with Crippen LogP contribution in [-0.2, 0) is 5.41 Å². The van der Waals surface area contributed by atoms with E-state index in [-0.39, 0.29) is 0 Å². The summed E-state index contributed by atoms with van der Waals surface area (Å²) >= 11 is 0. The van der Waals surface area contributed by atoms with Gasteiger partial charge >= 0.3 is 0 Å². The van der Waals surface area contributed by atoms with Crippen LogP contribution in [0.5, 0.6) is 0 Å². The van der Waals surface area contributed by atoms with Gasteiger partial charge in [0.25, 0.3) is 0 Å². The predicted molar refractivity (Wildman–Crippen MR) is 281 cm³/mol. The number of hydrogen-bond donors (Lipinski definition) is 0. The highest BCUT2D eigenvalue weighted by Crippen LogP contribution is 2.57. The van der Waals surface area contributed by atoms with Crippen LogP contribution < -0.4 is 9.80 Å². The SMILES string of the molecule is c1ccc(N(c2ccccc2)c2ccc(-c3cccc4cccc(-c5ccc(N(c6ccccc6)c6ccc7c(c6)C(c6ccccc6)(c6ccccc6)c6ccccc6-7)cc5)c34)cc2)cc1. The third-order valence-corrected chi connectivity index (χ3v) is 13.5. The van der Waals surface area contributed by atoms with Gasteiger partial charge in [0.1, 0.15) is 0 Å². The van der Waals surface area contributed by atoms with Crippen LogP contribution in [0.25, 0.3) is 44.2 Å². The molecule has 0 saturated heterocycles. The molecule has 11 aromatic carbocycles. The summed E-state index contributed by atoms with van der Waals surface area (Å²) in [7, 11) is 0. The topological polar surface area (TPSA) is 6.48 Å². The summed E-state index contributed by atoms with van der Waals surface area (Å²) in [6.07, 6.45) is 0. The van der Waals surface area contributed by atoms with E-state index >= 15 is 0 Å². The Kier molecular flexibility index (Phi) is 10.1. The van der Waals surface area contributed by atoms with Gasteiger partial charge in [0.15, 0.2) is 0 Å². The van der Waals surface area contributed by atoms with Crippen molar-refractivity contribution in [2.75, 3.05) is 9.80 Å². The fraction of sp³-hybridized carbons (Fsp3) is 0.0154. The molecule has 2 heteroatoms. The number of fused-ring (bicyclic) bond motifs is 4. The van der Waals surface area contributed by atoms with Crippen molar-refractivity contribution in [3.63, 3.8) is 0 Å². The second-order valence-corrected chi connectivity index (χ2v) is 17.2. The zero-order valence-corrected chi connectivity index (χ0v) is 37.0. The molecule has 0 radical (unpaired) electrons. The molecule has 0 fully saturated rings. The fourth-order valence-electron chi connectivity index (χ4n) is 10.6. The first-order valence-corrected chi connectivity index (χ1v) is 23.1. The molecule has 0 saturated carbocycles. The second-order valence-electron chi connectivity index (χ2n) is 17.2. The average molecular weight is 855 g/mol. The monoisotopic (exact) mass is 854 g/mol. The number of rotatable bonds is 10. The maximum absolute atomic E-state index is 2.44. The Bertz CT molecular complexity index is 3390. The van der Waals surface area contributed by atoms with Gasteiger partial charge in [-0.25, -0.2) is 0 Å². The van der Waals surface area contributed by atoms with E-state index in [4.69, 9.17) is 0 Å². The fourth-order valence-corrected chi connectivity index (χ4v) is 10.6. The van der Waals surface area contributed by atoms with E-state index in [1.807, 2.05) is 0 Å². The first kappa shape index (κ1) is 39.8. The maximum Gasteiger partial charge on any atom is 0.0714 e. The largest absolute Gasteiger partial charge is 0.311 e. The van der Waals surface area contributed by atoms with Crippen LogP contribution in [0.15, 0.2) is 279 Å². The van der Waals surface area contributed by atoms with Crippen LogP contribution in [0.3, 0.4) is 0 Å². The minimum atomic E-state index is -0.494. The Labute approximate surface area is 393 Å². The van der Waals surface area contributed by atoms with Crippen molar-refractivity contribution in [3.05, 3.63) is 301 Å². The summed E-state index contributed by atoms with van der Waals surface area (Å²) in [5.74, 6) is 0. The number of benzene rings is 11. The molecule has 11 aromatic rings. The summed E-state index contributed by atoms with van der Waals surface area (Å²) in [5, 5.41) is 2.45. The molecule has 1 aliphatic rings. The molecular weight excluding hydrogens is 809 g/mol. The number of para-hydroxylation sites is 3. The van der Waals surface area contributed by atoms with Gasteiger partial charge in [-0.15, -0.1) is 0 Å². The van der Waals surface area contributed by atoms with Crippen LogP contribution in [-0.4, -0.2) is 0 Å². The lowest BCUT2D eigenvalue weighted by atomic mass is 9.67. The Morgan fingerprint density at radius 2 is 0.597 bits per heavy atom. The Balaban J connectivity index is 0.953. The molecule has 67 heavy (non-hydrogen) atoms. The Morgan fingerprint density at radius 1 is 0.239 bits per heavy atom. The van der Waals surface area contributed by atoms with E-state index in [2.05, 4.69) is 289 Å². The average Bonchev–Trinajstić information content (AvgIpc) is 3.71. The molecule has 2 nitrogen and oxygen atoms in total. The lowest BCUT2D eigenvalue weighted by Crippen LogP contribution is -2.28. The molecular formula is C65H46N2. The van der Waals surface area contributed by atoms with Crippen LogP contribution in [0.2, 0.25) is 0 Å². The highest BCUT2D eigenvalue weighted by molar-refractivity contribution is 6.06. The van der Waals surface area contributed by atoms with E-state index in [0.717, 1.165) is 34.1 Å². The molecule has 0 spiro atoms. The minimum Gasteiger partial charge on any atom is -0.311 e. The van der Waals surface area contributed by atoms with Gasteiger partial charge in [-0.3, -0.25) is 0 Å². The summed E-state index contributed by atoms with van der Waals surface area (Å²) in [4.78, 5) is 4.71. The zero-order valence-electron chi connectivity index (χ0n) is 37.0. The molecule has 0 amide bonds. The molecule has 0 unspecified atom stereocenters. The number of nitrogens with zero attached hydrogens (tertiary/aromatic N) is 2. The first-order valence-electron chi connectivity index (χ1n) is 23.1. The summed E-state index contributed by atoms with van der Waals surface area (Å²) < 4.78 is 0. The smallest absolute Gasteiger partial charge is 0.0714 e. The Hall–Kier alpha value is -8.72. The van der Waals surface area contributed by atoms with E-state index in [1.165, 1.54) is 66.4 Å². The quantitative estimate of drug-likeness (QED) is 0.135. The molecule has 0 heterocycles. The van der Waals surface area contributed by atoms with Crippen LogP contribution in [0, 0.1) is 0 Å². The Morgan fingerprint density at radius 3 is 1.07 bits per heavy atom. The molecule has 0 aromatic heterocycles. The van der Waals surface area contributed by atoms with Crippen molar-refractivity contribution in [2.45, 2.75) is 5.41 Å². The molecule has 0 N–H and O–H groups in total. The van der Waals surface area contributed by atoms with Crippen molar-refractivity contribution in [1.82, 2.24) is 0 Å². The van der Waals surface area contributed by atoms with Crippen molar-refractivity contribution in [1.29, 1.82) is 0 Å². The maximum atomic E-state index is 2.44. The van der Waals surface area contributed by atoms with Crippen LogP contribution >= 0.6 is 0 Å². The standard InChI is InChI=1S/C65H46N2/c1-6-22-50(23-7-1)65(51-24-8-2-9-25-51)62-35-17-16-32-60(62)61-45-44-57(46-63(61)65)67(54-30-14-5-15-31-54)56-42-38-48(39-43-56)59-34-19-21-49-20-18-33-58(64(49)59)47-36-40-55(41-37-47)66(52-26-10-3-11-27-52)53-28-12-4-13-29-53/h1-46H. The third-order valence-electron chi connectivity index (χ3n) is 13.5. The van der Waals surface area contributed by atoms with Crippen molar-refractivity contribution < 1.29 is 0 Å². The lowest BCUT2D eigenvalue weighted by Gasteiger charge is -2.35. The van der Waals surface area contributed by atoms with Gasteiger partial charge in [-0.1, -0.05) is 206 Å². The molecule has 0 atom stereocenters. The van der Waals surface area contributed by atoms with Crippen LogP contribution in [0.4, 0.5) is 34.1 Å². The minimum absolute atomic E-state index is 0.494. The summed E-state index contributed by atoms with van der Waals surface area (Å²) in [6.45, 7) is 0. The van der Waals surface area contributed by atoms with E-state index in [0.29, 0.717) is 0 Å². The number of anilines is 6. The number of hydrogen-bond acceptors (Lipinski definition) is 2. The first-order chi connectivity index (χ1) is 33.3. The second kappa shape index (κ2) is 17.0. The van der Waals surface area contributed by atoms with Crippen molar-refractivity contribution >= 4 is 44.9 Å². The van der Waals surface area contributed by atoms with Gasteiger partial charge < -0.3 is 9.80 Å². The normalized spacial score (nSPS) is 12.3. The molecule has 316 valence electrons. The predicted octanol–water partition coefficient (Wildman–Crippen LogP) is 17.5. The highest BCUT2D eigenvalue weighted by Gasteiger charge is 2.46. The van der Waals surface area contributed by atoms with E-state index in [9.17, 15) is 0 Å². The van der Waals surface area contributed by atoms with Crippen molar-refractivity contribution in [2.24, 2.45) is 0 Å². The summed E-state index contributed by atoms with van der Waals surface area (Å²) in [5.41, 5.74) is 18.6. The molecule has 1 aliphatic carbocycles. The molecule has 12 rings (SSSR count). The molecule has 0 aliphatic heterocycles. The van der Waals surface area contributed by atoms with Crippen LogP contribution in [0.1, 0.15) is 22.3 Å². The van der Waals surface area contributed by atoms with Gasteiger partial charge in [-0.2, -0.15) is 0 Å². The zero-order chi connectivity index (χ0) is 44.6. The summed E-state index contributed by atoms with van der Waals surface area (Å²) in [6, 6.07) is 102. The van der Waals surface area contributed by atoms with E-state index in [1.54, 1.807) is 0 Å². The van der Waals surface area contributed by atoms with Gasteiger partial charge in [0.05, 0.1) is 5.41 Å². The van der Waals surface area contributed by atoms with Crippen molar-refractivity contribution in [3.8, 4) is 33.4 Å². The molecule has 0 bridgehead atoms. The third kappa shape index (κ3) is 6.90. The highest BCUT2D eigenvalue weighted by atomic mass is 15.1. The van der Waals surface area contributed by atoms with E-state index < -0.39 is 5.41 Å². The lowest BCUT2D eigenvalue weighted by molar-refractivity contribution is 0.768. The van der Waals surface area contributed by atoms with Gasteiger partial charge in [0, 0.05) is 34.1 Å². The van der Waals surface area contributed by atoms with Gasteiger partial charge in [-0.05, 0) is 139 Å².